The molecule has 1 aromatic rings. The molecule has 1 saturated heterocycles. The van der Waals surface area contributed by atoms with Crippen molar-refractivity contribution >= 4 is 0 Å². The van der Waals surface area contributed by atoms with Crippen molar-refractivity contribution in [3.05, 3.63) is 29.6 Å². The number of nitrogens with zero attached hydrogens (tertiary/aromatic N) is 1. The number of hydrogen-bond donors (Lipinski definition) is 2. The summed E-state index contributed by atoms with van der Waals surface area (Å²) in [7, 11) is 3.61. The summed E-state index contributed by atoms with van der Waals surface area (Å²) in [5.74, 6) is 0.357. The summed E-state index contributed by atoms with van der Waals surface area (Å²) in [6.45, 7) is 2.70. The SMILES string of the molecule is COc1ccc(F)cc1C(N)C1CNCCN1C. The topological polar surface area (TPSA) is 50.5 Å². The van der Waals surface area contributed by atoms with Crippen LogP contribution in [0.3, 0.4) is 0 Å². The molecule has 0 aromatic heterocycles. The predicted molar refractivity (Wildman–Crippen MR) is 69.2 cm³/mol. The zero-order chi connectivity index (χ0) is 13.1. The predicted octanol–water partition coefficient (Wildman–Crippen LogP) is 0.738. The van der Waals surface area contributed by atoms with Crippen molar-refractivity contribution in [2.24, 2.45) is 5.73 Å². The number of rotatable bonds is 3. The van der Waals surface area contributed by atoms with E-state index in [-0.39, 0.29) is 17.9 Å². The molecule has 0 spiro atoms. The van der Waals surface area contributed by atoms with Gasteiger partial charge in [-0.1, -0.05) is 0 Å². The van der Waals surface area contributed by atoms with Crippen LogP contribution in [0.25, 0.3) is 0 Å². The van der Waals surface area contributed by atoms with Crippen LogP contribution in [-0.4, -0.2) is 44.7 Å². The maximum Gasteiger partial charge on any atom is 0.123 e. The van der Waals surface area contributed by atoms with E-state index in [1.165, 1.54) is 12.1 Å². The molecule has 1 aromatic carbocycles. The molecular formula is C13H20FN3O. The summed E-state index contributed by atoms with van der Waals surface area (Å²) in [6, 6.07) is 4.35. The Morgan fingerprint density at radius 2 is 2.33 bits per heavy atom. The Labute approximate surface area is 107 Å². The van der Waals surface area contributed by atoms with E-state index in [1.807, 2.05) is 7.05 Å². The maximum absolute atomic E-state index is 13.4. The summed E-state index contributed by atoms with van der Waals surface area (Å²) < 4.78 is 18.6. The number of benzene rings is 1. The number of methoxy groups -OCH3 is 1. The number of hydrogen-bond acceptors (Lipinski definition) is 4. The van der Waals surface area contributed by atoms with E-state index < -0.39 is 0 Å². The van der Waals surface area contributed by atoms with E-state index in [2.05, 4.69) is 10.2 Å². The number of nitrogens with one attached hydrogen (secondary N) is 1. The number of halogens is 1. The van der Waals surface area contributed by atoms with Gasteiger partial charge in [-0.3, -0.25) is 4.90 Å². The zero-order valence-electron chi connectivity index (χ0n) is 10.8. The summed E-state index contributed by atoms with van der Waals surface area (Å²) in [5, 5.41) is 3.31. The van der Waals surface area contributed by atoms with Gasteiger partial charge in [-0.2, -0.15) is 0 Å². The van der Waals surface area contributed by atoms with Crippen molar-refractivity contribution in [3.63, 3.8) is 0 Å². The average Bonchev–Trinajstić information content (AvgIpc) is 2.38. The lowest BCUT2D eigenvalue weighted by Gasteiger charge is -2.37. The molecule has 2 unspecified atom stereocenters. The molecule has 0 bridgehead atoms. The Morgan fingerprint density at radius 3 is 3.00 bits per heavy atom. The highest BCUT2D eigenvalue weighted by Crippen LogP contribution is 2.28. The van der Waals surface area contributed by atoms with Gasteiger partial charge in [0.2, 0.25) is 0 Å². The minimum Gasteiger partial charge on any atom is -0.496 e. The van der Waals surface area contributed by atoms with E-state index in [4.69, 9.17) is 10.5 Å². The van der Waals surface area contributed by atoms with Crippen molar-refractivity contribution in [3.8, 4) is 5.75 Å². The first-order chi connectivity index (χ1) is 8.63. The fourth-order valence-electron chi connectivity index (χ4n) is 2.40. The molecule has 1 fully saturated rings. The highest BCUT2D eigenvalue weighted by Gasteiger charge is 2.28. The number of nitrogens with two attached hydrogens (primary N) is 1. The molecular weight excluding hydrogens is 233 g/mol. The molecule has 5 heteroatoms. The lowest BCUT2D eigenvalue weighted by atomic mass is 9.97. The first-order valence-electron chi connectivity index (χ1n) is 6.13. The Bertz CT molecular complexity index is 413. The summed E-state index contributed by atoms with van der Waals surface area (Å²) in [4.78, 5) is 2.20. The molecule has 1 aliphatic heterocycles. The molecule has 18 heavy (non-hydrogen) atoms. The largest absolute Gasteiger partial charge is 0.496 e. The van der Waals surface area contributed by atoms with E-state index >= 15 is 0 Å². The quantitative estimate of drug-likeness (QED) is 0.834. The second-order valence-corrected chi connectivity index (χ2v) is 4.66. The standard InChI is InChI=1S/C13H20FN3O/c1-17-6-5-16-8-11(17)13(15)10-7-9(14)3-4-12(10)18-2/h3-4,7,11,13,16H,5-6,8,15H2,1-2H3. The molecule has 1 aliphatic rings. The fourth-order valence-corrected chi connectivity index (χ4v) is 2.40. The lowest BCUT2D eigenvalue weighted by Crippen LogP contribution is -2.53. The first kappa shape index (κ1) is 13.3. The van der Waals surface area contributed by atoms with Gasteiger partial charge in [-0.15, -0.1) is 0 Å². The van der Waals surface area contributed by atoms with Crippen LogP contribution in [0.1, 0.15) is 11.6 Å². The van der Waals surface area contributed by atoms with Crippen LogP contribution in [0.5, 0.6) is 5.75 Å². The molecule has 4 nitrogen and oxygen atoms in total. The van der Waals surface area contributed by atoms with E-state index in [0.717, 1.165) is 25.2 Å². The van der Waals surface area contributed by atoms with Gasteiger partial charge in [0.15, 0.2) is 0 Å². The van der Waals surface area contributed by atoms with Crippen LogP contribution in [0.15, 0.2) is 18.2 Å². The molecule has 3 N–H and O–H groups in total. The molecule has 0 radical (unpaired) electrons. The summed E-state index contributed by atoms with van der Waals surface area (Å²) in [6.07, 6.45) is 0. The van der Waals surface area contributed by atoms with Gasteiger partial charge < -0.3 is 15.8 Å². The van der Waals surface area contributed by atoms with Gasteiger partial charge in [0.1, 0.15) is 11.6 Å². The number of ether oxygens (including phenoxy) is 1. The van der Waals surface area contributed by atoms with Crippen molar-refractivity contribution < 1.29 is 9.13 Å². The van der Waals surface area contributed by atoms with Gasteiger partial charge >= 0.3 is 0 Å². The first-order valence-corrected chi connectivity index (χ1v) is 6.13. The van der Waals surface area contributed by atoms with E-state index in [1.54, 1.807) is 13.2 Å². The molecule has 0 aliphatic carbocycles. The van der Waals surface area contributed by atoms with Crippen LogP contribution < -0.4 is 15.8 Å². The van der Waals surface area contributed by atoms with Crippen molar-refractivity contribution in [1.29, 1.82) is 0 Å². The second-order valence-electron chi connectivity index (χ2n) is 4.66. The minimum atomic E-state index is -0.285. The third-order valence-electron chi connectivity index (χ3n) is 3.53. The maximum atomic E-state index is 13.4. The fraction of sp³-hybridized carbons (Fsp3) is 0.538. The molecule has 2 atom stereocenters. The normalized spacial score (nSPS) is 22.8. The van der Waals surface area contributed by atoms with Gasteiger partial charge in [-0.05, 0) is 25.2 Å². The van der Waals surface area contributed by atoms with Gasteiger partial charge in [0.05, 0.1) is 13.2 Å². The second kappa shape index (κ2) is 5.65. The van der Waals surface area contributed by atoms with Gasteiger partial charge in [0.25, 0.3) is 0 Å². The summed E-state index contributed by atoms with van der Waals surface area (Å²) >= 11 is 0. The molecule has 0 amide bonds. The molecule has 1 heterocycles. The average molecular weight is 253 g/mol. The van der Waals surface area contributed by atoms with Crippen LogP contribution in [-0.2, 0) is 0 Å². The van der Waals surface area contributed by atoms with Crippen LogP contribution in [0, 0.1) is 5.82 Å². The Hall–Kier alpha value is -1.17. The smallest absolute Gasteiger partial charge is 0.123 e. The Balaban J connectivity index is 2.26. The highest BCUT2D eigenvalue weighted by molar-refractivity contribution is 5.37. The molecule has 2 rings (SSSR count). The molecule has 0 saturated carbocycles. The Kier molecular flexibility index (Phi) is 4.16. The van der Waals surface area contributed by atoms with Crippen LogP contribution >= 0.6 is 0 Å². The molecule has 100 valence electrons. The highest BCUT2D eigenvalue weighted by atomic mass is 19.1. The van der Waals surface area contributed by atoms with E-state index in [0.29, 0.717) is 5.75 Å². The number of piperazine rings is 1. The Morgan fingerprint density at radius 1 is 1.56 bits per heavy atom. The lowest BCUT2D eigenvalue weighted by molar-refractivity contribution is 0.172. The van der Waals surface area contributed by atoms with Crippen LogP contribution in [0.4, 0.5) is 4.39 Å². The third kappa shape index (κ3) is 2.63. The van der Waals surface area contributed by atoms with Crippen LogP contribution in [0.2, 0.25) is 0 Å². The monoisotopic (exact) mass is 253 g/mol. The van der Waals surface area contributed by atoms with Crippen molar-refractivity contribution in [1.82, 2.24) is 10.2 Å². The van der Waals surface area contributed by atoms with Gasteiger partial charge in [-0.25, -0.2) is 4.39 Å². The van der Waals surface area contributed by atoms with E-state index in [9.17, 15) is 4.39 Å². The van der Waals surface area contributed by atoms with Crippen molar-refractivity contribution in [2.75, 3.05) is 33.8 Å². The number of likely N-dealkylation sites (N-methyl/N-ethyl adjacent to an activating group) is 1. The minimum absolute atomic E-state index is 0.148. The van der Waals surface area contributed by atoms with Gasteiger partial charge in [0, 0.05) is 31.2 Å². The summed E-state index contributed by atoms with van der Waals surface area (Å²) in [5.41, 5.74) is 7.00. The zero-order valence-corrected chi connectivity index (χ0v) is 10.8. The third-order valence-corrected chi connectivity index (χ3v) is 3.53. The van der Waals surface area contributed by atoms with Crippen molar-refractivity contribution in [2.45, 2.75) is 12.1 Å².